The van der Waals surface area contributed by atoms with Crippen LogP contribution < -0.4 is 20.3 Å². The van der Waals surface area contributed by atoms with Gasteiger partial charge in [-0.25, -0.2) is 4.98 Å². The first-order valence-electron chi connectivity index (χ1n) is 8.11. The SMILES string of the molecule is CCN(Cc1nc2cc(OC)c(OC)cc2c(=O)[nH]1)C(=O)CCNC. The first kappa shape index (κ1) is 18.7. The number of amides is 1. The second-order valence-electron chi connectivity index (χ2n) is 5.50. The van der Waals surface area contributed by atoms with Crippen LogP contribution in [0.25, 0.3) is 10.9 Å². The van der Waals surface area contributed by atoms with Gasteiger partial charge in [-0.05, 0) is 20.0 Å². The standard InChI is InChI=1S/C17H24N4O4/c1-5-21(16(22)6-7-18-2)10-15-19-12-9-14(25-4)13(24-3)8-11(12)17(23)20-15/h8-9,18H,5-7,10H2,1-4H3,(H,19,20,23). The average molecular weight is 348 g/mol. The Bertz CT molecular complexity index is 803. The monoisotopic (exact) mass is 348 g/mol. The van der Waals surface area contributed by atoms with Crippen LogP contribution in [0.2, 0.25) is 0 Å². The second-order valence-corrected chi connectivity index (χ2v) is 5.50. The molecular formula is C17H24N4O4. The first-order valence-corrected chi connectivity index (χ1v) is 8.11. The molecule has 0 atom stereocenters. The van der Waals surface area contributed by atoms with Crippen LogP contribution in [0, 0.1) is 0 Å². The molecule has 0 fully saturated rings. The quantitative estimate of drug-likeness (QED) is 0.736. The molecule has 0 aliphatic carbocycles. The van der Waals surface area contributed by atoms with E-state index in [1.165, 1.54) is 14.2 Å². The van der Waals surface area contributed by atoms with Crippen molar-refractivity contribution in [3.05, 3.63) is 28.3 Å². The van der Waals surface area contributed by atoms with Crippen LogP contribution in [0.5, 0.6) is 11.5 Å². The van der Waals surface area contributed by atoms with E-state index in [2.05, 4.69) is 15.3 Å². The van der Waals surface area contributed by atoms with Crippen LogP contribution in [0.3, 0.4) is 0 Å². The van der Waals surface area contributed by atoms with Crippen molar-refractivity contribution in [2.45, 2.75) is 19.9 Å². The van der Waals surface area contributed by atoms with Crippen molar-refractivity contribution in [1.82, 2.24) is 20.2 Å². The molecule has 1 heterocycles. The minimum Gasteiger partial charge on any atom is -0.493 e. The zero-order valence-electron chi connectivity index (χ0n) is 15.0. The van der Waals surface area contributed by atoms with Gasteiger partial charge in [-0.3, -0.25) is 9.59 Å². The van der Waals surface area contributed by atoms with E-state index in [0.29, 0.717) is 47.7 Å². The van der Waals surface area contributed by atoms with Crippen molar-refractivity contribution in [2.24, 2.45) is 0 Å². The molecule has 1 aromatic heterocycles. The maximum atomic E-state index is 12.4. The number of nitrogens with zero attached hydrogens (tertiary/aromatic N) is 2. The molecule has 2 N–H and O–H groups in total. The Morgan fingerprint density at radius 1 is 1.28 bits per heavy atom. The van der Waals surface area contributed by atoms with Crippen LogP contribution >= 0.6 is 0 Å². The van der Waals surface area contributed by atoms with Crippen LogP contribution in [-0.4, -0.2) is 55.1 Å². The summed E-state index contributed by atoms with van der Waals surface area (Å²) in [5.41, 5.74) is 0.217. The summed E-state index contributed by atoms with van der Waals surface area (Å²) in [5, 5.41) is 3.36. The van der Waals surface area contributed by atoms with E-state index < -0.39 is 0 Å². The number of hydrogen-bond acceptors (Lipinski definition) is 6. The largest absolute Gasteiger partial charge is 0.493 e. The Morgan fingerprint density at radius 3 is 2.56 bits per heavy atom. The molecule has 0 bridgehead atoms. The fourth-order valence-corrected chi connectivity index (χ4v) is 2.54. The van der Waals surface area contributed by atoms with Gasteiger partial charge < -0.3 is 24.7 Å². The molecule has 0 unspecified atom stereocenters. The predicted molar refractivity (Wildman–Crippen MR) is 95.1 cm³/mol. The second kappa shape index (κ2) is 8.48. The number of aromatic nitrogens is 2. The summed E-state index contributed by atoms with van der Waals surface area (Å²) in [6.07, 6.45) is 0.396. The number of aromatic amines is 1. The zero-order valence-corrected chi connectivity index (χ0v) is 15.0. The van der Waals surface area contributed by atoms with Gasteiger partial charge in [-0.1, -0.05) is 0 Å². The van der Waals surface area contributed by atoms with Crippen molar-refractivity contribution < 1.29 is 14.3 Å². The molecule has 2 rings (SSSR count). The third-order valence-electron chi connectivity index (χ3n) is 3.92. The van der Waals surface area contributed by atoms with Crippen molar-refractivity contribution in [2.75, 3.05) is 34.4 Å². The molecule has 1 aromatic carbocycles. The molecule has 0 saturated heterocycles. The summed E-state index contributed by atoms with van der Waals surface area (Å²) >= 11 is 0. The molecule has 2 aromatic rings. The number of ether oxygens (including phenoxy) is 2. The molecule has 8 nitrogen and oxygen atoms in total. The van der Waals surface area contributed by atoms with Gasteiger partial charge >= 0.3 is 0 Å². The summed E-state index contributed by atoms with van der Waals surface area (Å²) in [5.74, 6) is 1.40. The number of nitrogens with one attached hydrogen (secondary N) is 2. The average Bonchev–Trinajstić information content (AvgIpc) is 2.63. The van der Waals surface area contributed by atoms with Gasteiger partial charge in [0.25, 0.3) is 5.56 Å². The van der Waals surface area contributed by atoms with E-state index in [0.717, 1.165) is 0 Å². The number of benzene rings is 1. The summed E-state index contributed by atoms with van der Waals surface area (Å²) in [4.78, 5) is 33.4. The highest BCUT2D eigenvalue weighted by molar-refractivity contribution is 5.82. The van der Waals surface area contributed by atoms with Gasteiger partial charge in [0.2, 0.25) is 5.91 Å². The minimum atomic E-state index is -0.278. The first-order chi connectivity index (χ1) is 12.0. The van der Waals surface area contributed by atoms with Gasteiger partial charge in [0.1, 0.15) is 5.82 Å². The summed E-state index contributed by atoms with van der Waals surface area (Å²) in [6, 6.07) is 3.26. The minimum absolute atomic E-state index is 0.00640. The van der Waals surface area contributed by atoms with Gasteiger partial charge in [0.05, 0.1) is 31.7 Å². The molecule has 1 amide bonds. The smallest absolute Gasteiger partial charge is 0.258 e. The Labute approximate surface area is 146 Å². The fraction of sp³-hybridized carbons (Fsp3) is 0.471. The van der Waals surface area contributed by atoms with E-state index in [9.17, 15) is 9.59 Å². The topological polar surface area (TPSA) is 96.6 Å². The van der Waals surface area contributed by atoms with E-state index in [1.807, 2.05) is 6.92 Å². The molecule has 0 saturated carbocycles. The van der Waals surface area contributed by atoms with E-state index in [-0.39, 0.29) is 18.0 Å². The molecular weight excluding hydrogens is 324 g/mol. The Hall–Kier alpha value is -2.61. The zero-order chi connectivity index (χ0) is 18.4. The van der Waals surface area contributed by atoms with E-state index >= 15 is 0 Å². The highest BCUT2D eigenvalue weighted by Crippen LogP contribution is 2.29. The van der Waals surface area contributed by atoms with Gasteiger partial charge in [0, 0.05) is 25.6 Å². The lowest BCUT2D eigenvalue weighted by Crippen LogP contribution is -2.33. The number of methoxy groups -OCH3 is 2. The maximum Gasteiger partial charge on any atom is 0.258 e. The lowest BCUT2D eigenvalue weighted by molar-refractivity contribution is -0.131. The molecule has 0 radical (unpaired) electrons. The number of hydrogen-bond donors (Lipinski definition) is 2. The molecule has 0 aliphatic heterocycles. The van der Waals surface area contributed by atoms with Crippen molar-refractivity contribution in [1.29, 1.82) is 0 Å². The third-order valence-corrected chi connectivity index (χ3v) is 3.92. The Balaban J connectivity index is 2.36. The highest BCUT2D eigenvalue weighted by Gasteiger charge is 2.15. The van der Waals surface area contributed by atoms with Crippen LogP contribution in [0.4, 0.5) is 0 Å². The van der Waals surface area contributed by atoms with Crippen molar-refractivity contribution in [3.8, 4) is 11.5 Å². The number of carbonyl (C=O) groups excluding carboxylic acids is 1. The van der Waals surface area contributed by atoms with Crippen LogP contribution in [0.1, 0.15) is 19.2 Å². The van der Waals surface area contributed by atoms with Gasteiger partial charge in [0.15, 0.2) is 11.5 Å². The highest BCUT2D eigenvalue weighted by atomic mass is 16.5. The maximum absolute atomic E-state index is 12.4. The molecule has 136 valence electrons. The third kappa shape index (κ3) is 4.27. The van der Waals surface area contributed by atoms with Gasteiger partial charge in [-0.2, -0.15) is 0 Å². The molecule has 8 heteroatoms. The van der Waals surface area contributed by atoms with Gasteiger partial charge in [-0.15, -0.1) is 0 Å². The number of fused-ring (bicyclic) bond motifs is 1. The lowest BCUT2D eigenvalue weighted by atomic mass is 10.2. The summed E-state index contributed by atoms with van der Waals surface area (Å²) in [7, 11) is 4.83. The normalized spacial score (nSPS) is 10.7. The van der Waals surface area contributed by atoms with Crippen molar-refractivity contribution >= 4 is 16.8 Å². The Kier molecular flexibility index (Phi) is 6.35. The summed E-state index contributed by atoms with van der Waals surface area (Å²) < 4.78 is 10.5. The van der Waals surface area contributed by atoms with Crippen molar-refractivity contribution in [3.63, 3.8) is 0 Å². The number of carbonyl (C=O) groups is 1. The van der Waals surface area contributed by atoms with E-state index in [1.54, 1.807) is 24.1 Å². The molecule has 0 spiro atoms. The number of H-pyrrole nitrogens is 1. The molecule has 25 heavy (non-hydrogen) atoms. The van der Waals surface area contributed by atoms with E-state index in [4.69, 9.17) is 9.47 Å². The number of rotatable bonds is 8. The predicted octanol–water partition coefficient (Wildman–Crippen LogP) is 0.898. The lowest BCUT2D eigenvalue weighted by Gasteiger charge is -2.20. The van der Waals surface area contributed by atoms with Crippen LogP contribution in [0.15, 0.2) is 16.9 Å². The summed E-state index contributed by atoms with van der Waals surface area (Å²) in [6.45, 7) is 3.28. The molecule has 0 aliphatic rings. The van der Waals surface area contributed by atoms with Crippen LogP contribution in [-0.2, 0) is 11.3 Å². The fourth-order valence-electron chi connectivity index (χ4n) is 2.54. The Morgan fingerprint density at radius 2 is 1.96 bits per heavy atom.